The van der Waals surface area contributed by atoms with Gasteiger partial charge in [-0.2, -0.15) is 0 Å². The van der Waals surface area contributed by atoms with Crippen molar-refractivity contribution in [2.45, 2.75) is 12.8 Å². The molecular formula is C13H14ClN3O. The lowest BCUT2D eigenvalue weighted by atomic mass is 10.1. The summed E-state index contributed by atoms with van der Waals surface area (Å²) in [6.45, 7) is 0.457. The fourth-order valence-electron chi connectivity index (χ4n) is 1.75. The van der Waals surface area contributed by atoms with Gasteiger partial charge in [-0.1, -0.05) is 29.8 Å². The van der Waals surface area contributed by atoms with Crippen molar-refractivity contribution in [2.75, 3.05) is 6.54 Å². The minimum absolute atomic E-state index is 0.157. The molecule has 0 radical (unpaired) electrons. The minimum Gasteiger partial charge on any atom is -0.330 e. The first-order chi connectivity index (χ1) is 8.69. The molecule has 0 bridgehead atoms. The molecule has 1 heterocycles. The quantitative estimate of drug-likeness (QED) is 0.878. The molecule has 2 rings (SSSR count). The predicted octanol–water partition coefficient (Wildman–Crippen LogP) is 1.52. The average Bonchev–Trinajstić information content (AvgIpc) is 2.32. The lowest BCUT2D eigenvalue weighted by molar-refractivity contribution is 0.833. The van der Waals surface area contributed by atoms with Gasteiger partial charge in [0, 0.05) is 23.9 Å². The van der Waals surface area contributed by atoms with Crippen LogP contribution in [0.5, 0.6) is 0 Å². The maximum absolute atomic E-state index is 11.5. The number of aromatic nitrogens is 2. The predicted molar refractivity (Wildman–Crippen MR) is 71.9 cm³/mol. The van der Waals surface area contributed by atoms with E-state index in [0.717, 1.165) is 5.56 Å². The van der Waals surface area contributed by atoms with Crippen LogP contribution in [-0.4, -0.2) is 16.5 Å². The summed E-state index contributed by atoms with van der Waals surface area (Å²) in [6, 6.07) is 9.02. The van der Waals surface area contributed by atoms with Crippen molar-refractivity contribution < 1.29 is 0 Å². The molecule has 0 unspecified atom stereocenters. The molecule has 0 aliphatic heterocycles. The molecule has 0 saturated carbocycles. The third-order valence-corrected chi connectivity index (χ3v) is 2.92. The summed E-state index contributed by atoms with van der Waals surface area (Å²) >= 11 is 6.08. The molecular weight excluding hydrogens is 250 g/mol. The highest BCUT2D eigenvalue weighted by molar-refractivity contribution is 6.31. The summed E-state index contributed by atoms with van der Waals surface area (Å²) in [5.74, 6) is 0.618. The van der Waals surface area contributed by atoms with Crippen molar-refractivity contribution in [3.63, 3.8) is 0 Å². The van der Waals surface area contributed by atoms with Gasteiger partial charge in [0.15, 0.2) is 0 Å². The highest BCUT2D eigenvalue weighted by Gasteiger charge is 2.05. The summed E-state index contributed by atoms with van der Waals surface area (Å²) in [5, 5.41) is 0.681. The van der Waals surface area contributed by atoms with Crippen molar-refractivity contribution in [1.29, 1.82) is 0 Å². The molecule has 4 nitrogen and oxygen atoms in total. The fraction of sp³-hybridized carbons (Fsp3) is 0.231. The maximum atomic E-state index is 11.5. The molecule has 0 atom stereocenters. The number of benzene rings is 1. The summed E-state index contributed by atoms with van der Waals surface area (Å²) < 4.78 is 0. The number of nitrogens with zero attached hydrogens (tertiary/aromatic N) is 1. The highest BCUT2D eigenvalue weighted by atomic mass is 35.5. The van der Waals surface area contributed by atoms with Gasteiger partial charge in [-0.25, -0.2) is 4.98 Å². The standard InChI is InChI=1S/C13H14ClN3O/c14-11-4-2-1-3-9(11)7-10-8-13(18)17-12(16-10)5-6-15/h1-4,8H,5-7,15H2,(H,16,17,18). The summed E-state index contributed by atoms with van der Waals surface area (Å²) in [7, 11) is 0. The number of halogens is 1. The molecule has 1 aromatic heterocycles. The van der Waals surface area contributed by atoms with E-state index in [2.05, 4.69) is 9.97 Å². The molecule has 0 fully saturated rings. The zero-order valence-corrected chi connectivity index (χ0v) is 10.6. The van der Waals surface area contributed by atoms with Crippen LogP contribution >= 0.6 is 11.6 Å². The molecule has 2 aromatic rings. The number of aromatic amines is 1. The van der Waals surface area contributed by atoms with Crippen LogP contribution in [0.1, 0.15) is 17.1 Å². The first-order valence-corrected chi connectivity index (χ1v) is 6.09. The SMILES string of the molecule is NCCc1nc(Cc2ccccc2Cl)cc(=O)[nH]1. The Kier molecular flexibility index (Phi) is 4.12. The normalized spacial score (nSPS) is 10.6. The Morgan fingerprint density at radius 3 is 2.83 bits per heavy atom. The van der Waals surface area contributed by atoms with E-state index in [1.807, 2.05) is 24.3 Å². The third kappa shape index (κ3) is 3.18. The third-order valence-electron chi connectivity index (χ3n) is 2.55. The molecule has 5 heteroatoms. The van der Waals surface area contributed by atoms with Crippen molar-refractivity contribution in [3.05, 3.63) is 62.8 Å². The Bertz CT molecular complexity index is 595. The van der Waals surface area contributed by atoms with Crippen molar-refractivity contribution in [1.82, 2.24) is 9.97 Å². The van der Waals surface area contributed by atoms with Crippen LogP contribution < -0.4 is 11.3 Å². The van der Waals surface area contributed by atoms with Gasteiger partial charge in [-0.15, -0.1) is 0 Å². The molecule has 94 valence electrons. The van der Waals surface area contributed by atoms with Gasteiger partial charge in [0.1, 0.15) is 5.82 Å². The van der Waals surface area contributed by atoms with E-state index in [0.29, 0.717) is 35.9 Å². The van der Waals surface area contributed by atoms with Gasteiger partial charge in [-0.05, 0) is 18.2 Å². The number of hydrogen-bond acceptors (Lipinski definition) is 3. The molecule has 18 heavy (non-hydrogen) atoms. The van der Waals surface area contributed by atoms with E-state index in [-0.39, 0.29) is 5.56 Å². The van der Waals surface area contributed by atoms with Crippen molar-refractivity contribution in [2.24, 2.45) is 5.73 Å². The number of H-pyrrole nitrogens is 1. The second kappa shape index (κ2) is 5.80. The molecule has 0 spiro atoms. The molecule has 3 N–H and O–H groups in total. The van der Waals surface area contributed by atoms with E-state index < -0.39 is 0 Å². The van der Waals surface area contributed by atoms with E-state index in [1.165, 1.54) is 6.07 Å². The van der Waals surface area contributed by atoms with Crippen LogP contribution in [0.25, 0.3) is 0 Å². The number of nitrogens with two attached hydrogens (primary N) is 1. The summed E-state index contributed by atoms with van der Waals surface area (Å²) in [4.78, 5) is 18.5. The molecule has 0 amide bonds. The molecule has 0 saturated heterocycles. The lowest BCUT2D eigenvalue weighted by Crippen LogP contribution is -2.16. The van der Waals surface area contributed by atoms with Crippen LogP contribution in [-0.2, 0) is 12.8 Å². The second-order valence-corrected chi connectivity index (χ2v) is 4.40. The topological polar surface area (TPSA) is 71.8 Å². The first-order valence-electron chi connectivity index (χ1n) is 5.71. The van der Waals surface area contributed by atoms with Crippen molar-refractivity contribution in [3.8, 4) is 0 Å². The average molecular weight is 264 g/mol. The smallest absolute Gasteiger partial charge is 0.251 e. The van der Waals surface area contributed by atoms with Crippen LogP contribution in [0, 0.1) is 0 Å². The van der Waals surface area contributed by atoms with Gasteiger partial charge in [-0.3, -0.25) is 4.79 Å². The summed E-state index contributed by atoms with van der Waals surface area (Å²) in [5.41, 5.74) is 6.96. The zero-order chi connectivity index (χ0) is 13.0. The van der Waals surface area contributed by atoms with Gasteiger partial charge < -0.3 is 10.7 Å². The highest BCUT2D eigenvalue weighted by Crippen LogP contribution is 2.17. The van der Waals surface area contributed by atoms with Crippen LogP contribution in [0.4, 0.5) is 0 Å². The first kappa shape index (κ1) is 12.8. The number of hydrogen-bond donors (Lipinski definition) is 2. The van der Waals surface area contributed by atoms with E-state index in [9.17, 15) is 4.79 Å². The fourth-order valence-corrected chi connectivity index (χ4v) is 1.95. The maximum Gasteiger partial charge on any atom is 0.251 e. The molecule has 0 aliphatic rings. The Hall–Kier alpha value is -1.65. The summed E-state index contributed by atoms with van der Waals surface area (Å²) in [6.07, 6.45) is 1.10. The minimum atomic E-state index is -0.157. The van der Waals surface area contributed by atoms with Gasteiger partial charge in [0.25, 0.3) is 5.56 Å². The van der Waals surface area contributed by atoms with Gasteiger partial charge in [0.05, 0.1) is 5.69 Å². The van der Waals surface area contributed by atoms with Crippen LogP contribution in [0.2, 0.25) is 5.02 Å². The Balaban J connectivity index is 2.29. The molecule has 1 aromatic carbocycles. The molecule has 0 aliphatic carbocycles. The number of rotatable bonds is 4. The lowest BCUT2D eigenvalue weighted by Gasteiger charge is -2.05. The van der Waals surface area contributed by atoms with E-state index in [4.69, 9.17) is 17.3 Å². The second-order valence-electron chi connectivity index (χ2n) is 3.99. The Morgan fingerprint density at radius 1 is 1.33 bits per heavy atom. The monoisotopic (exact) mass is 263 g/mol. The van der Waals surface area contributed by atoms with Gasteiger partial charge in [0.2, 0.25) is 0 Å². The Morgan fingerprint density at radius 2 is 2.11 bits per heavy atom. The van der Waals surface area contributed by atoms with Crippen LogP contribution in [0.3, 0.4) is 0 Å². The van der Waals surface area contributed by atoms with Gasteiger partial charge >= 0.3 is 0 Å². The largest absolute Gasteiger partial charge is 0.330 e. The number of nitrogens with one attached hydrogen (secondary N) is 1. The zero-order valence-electron chi connectivity index (χ0n) is 9.82. The van der Waals surface area contributed by atoms with Crippen LogP contribution in [0.15, 0.2) is 35.1 Å². The van der Waals surface area contributed by atoms with E-state index >= 15 is 0 Å². The Labute approximate surface area is 110 Å². The van der Waals surface area contributed by atoms with E-state index in [1.54, 1.807) is 0 Å². The van der Waals surface area contributed by atoms with Crippen molar-refractivity contribution >= 4 is 11.6 Å².